The summed E-state index contributed by atoms with van der Waals surface area (Å²) in [7, 11) is 0. The molecule has 0 radical (unpaired) electrons. The maximum absolute atomic E-state index is 12.4. The van der Waals surface area contributed by atoms with Gasteiger partial charge < -0.3 is 15.6 Å². The van der Waals surface area contributed by atoms with Crippen LogP contribution in [0, 0.1) is 0 Å². The third-order valence-corrected chi connectivity index (χ3v) is 3.42. The van der Waals surface area contributed by atoms with Crippen molar-refractivity contribution >= 4 is 5.91 Å². The molecular formula is C13H19N3O2. The van der Waals surface area contributed by atoms with Gasteiger partial charge in [0.2, 0.25) is 5.56 Å². The van der Waals surface area contributed by atoms with Crippen molar-refractivity contribution in [3.05, 3.63) is 34.2 Å². The van der Waals surface area contributed by atoms with E-state index in [2.05, 4.69) is 4.98 Å². The Morgan fingerprint density at radius 1 is 1.44 bits per heavy atom. The van der Waals surface area contributed by atoms with Gasteiger partial charge in [0.25, 0.3) is 5.91 Å². The van der Waals surface area contributed by atoms with Crippen LogP contribution < -0.4 is 11.3 Å². The van der Waals surface area contributed by atoms with E-state index >= 15 is 0 Å². The lowest BCUT2D eigenvalue weighted by Gasteiger charge is -2.28. The highest BCUT2D eigenvalue weighted by molar-refractivity contribution is 5.94. The Morgan fingerprint density at radius 2 is 2.17 bits per heavy atom. The molecule has 0 aliphatic heterocycles. The second-order valence-electron chi connectivity index (χ2n) is 4.67. The highest BCUT2D eigenvalue weighted by atomic mass is 16.2. The normalized spacial score (nSPS) is 15.8. The third kappa shape index (κ3) is 2.79. The molecule has 1 aliphatic rings. The van der Waals surface area contributed by atoms with Crippen molar-refractivity contribution in [3.63, 3.8) is 0 Å². The number of rotatable bonds is 4. The molecule has 1 heterocycles. The van der Waals surface area contributed by atoms with E-state index in [1.54, 1.807) is 6.07 Å². The quantitative estimate of drug-likeness (QED) is 0.825. The van der Waals surface area contributed by atoms with Crippen LogP contribution in [0.3, 0.4) is 0 Å². The van der Waals surface area contributed by atoms with Crippen molar-refractivity contribution in [2.24, 2.45) is 5.73 Å². The number of pyridine rings is 1. The minimum Gasteiger partial charge on any atom is -0.334 e. The first-order valence-electron chi connectivity index (χ1n) is 6.42. The zero-order valence-corrected chi connectivity index (χ0v) is 10.4. The molecule has 1 aromatic heterocycles. The molecule has 0 saturated heterocycles. The van der Waals surface area contributed by atoms with Gasteiger partial charge in [-0.3, -0.25) is 9.59 Å². The van der Waals surface area contributed by atoms with Gasteiger partial charge in [0.05, 0.1) is 0 Å². The molecule has 18 heavy (non-hydrogen) atoms. The van der Waals surface area contributed by atoms with Crippen LogP contribution in [0.15, 0.2) is 23.1 Å². The molecule has 1 amide bonds. The summed E-state index contributed by atoms with van der Waals surface area (Å²) in [5, 5.41) is 0. The van der Waals surface area contributed by atoms with E-state index in [1.165, 1.54) is 12.3 Å². The number of hydrogen-bond donors (Lipinski definition) is 2. The summed E-state index contributed by atoms with van der Waals surface area (Å²) < 4.78 is 0. The maximum Gasteiger partial charge on any atom is 0.254 e. The summed E-state index contributed by atoms with van der Waals surface area (Å²) >= 11 is 0. The van der Waals surface area contributed by atoms with Gasteiger partial charge in [0, 0.05) is 37.0 Å². The second-order valence-corrected chi connectivity index (χ2v) is 4.67. The SMILES string of the molecule is NCCN(C(=O)c1cc[nH]c(=O)c1)C1CCCC1. The van der Waals surface area contributed by atoms with Gasteiger partial charge in [0.15, 0.2) is 0 Å². The number of carbonyl (C=O) groups is 1. The van der Waals surface area contributed by atoms with Gasteiger partial charge in [-0.05, 0) is 18.9 Å². The average molecular weight is 249 g/mol. The van der Waals surface area contributed by atoms with Crippen molar-refractivity contribution < 1.29 is 4.79 Å². The fourth-order valence-corrected chi connectivity index (χ4v) is 2.55. The van der Waals surface area contributed by atoms with E-state index in [1.807, 2.05) is 4.90 Å². The first kappa shape index (κ1) is 12.8. The number of nitrogens with one attached hydrogen (secondary N) is 1. The summed E-state index contributed by atoms with van der Waals surface area (Å²) in [4.78, 5) is 28.0. The van der Waals surface area contributed by atoms with Crippen LogP contribution in [0.2, 0.25) is 0 Å². The van der Waals surface area contributed by atoms with Crippen molar-refractivity contribution in [1.29, 1.82) is 0 Å². The van der Waals surface area contributed by atoms with Crippen LogP contribution in [-0.2, 0) is 0 Å². The van der Waals surface area contributed by atoms with Crippen LogP contribution >= 0.6 is 0 Å². The minimum absolute atomic E-state index is 0.0848. The summed E-state index contributed by atoms with van der Waals surface area (Å²) in [5.41, 5.74) is 5.77. The van der Waals surface area contributed by atoms with Crippen LogP contribution in [0.4, 0.5) is 0 Å². The maximum atomic E-state index is 12.4. The molecule has 5 nitrogen and oxygen atoms in total. The number of aromatic nitrogens is 1. The molecule has 1 fully saturated rings. The second kappa shape index (κ2) is 5.82. The van der Waals surface area contributed by atoms with Crippen LogP contribution in [0.5, 0.6) is 0 Å². The van der Waals surface area contributed by atoms with Crippen molar-refractivity contribution in [2.45, 2.75) is 31.7 Å². The van der Waals surface area contributed by atoms with Crippen molar-refractivity contribution in [3.8, 4) is 0 Å². The molecular weight excluding hydrogens is 230 g/mol. The van der Waals surface area contributed by atoms with Gasteiger partial charge in [-0.25, -0.2) is 0 Å². The van der Waals surface area contributed by atoms with E-state index in [9.17, 15) is 9.59 Å². The molecule has 1 saturated carbocycles. The highest BCUT2D eigenvalue weighted by Gasteiger charge is 2.26. The Hall–Kier alpha value is -1.62. The molecule has 0 atom stereocenters. The number of nitrogens with two attached hydrogens (primary N) is 1. The predicted molar refractivity (Wildman–Crippen MR) is 69.4 cm³/mol. The molecule has 0 unspecified atom stereocenters. The highest BCUT2D eigenvalue weighted by Crippen LogP contribution is 2.24. The Kier molecular flexibility index (Phi) is 4.15. The standard InChI is InChI=1S/C13H19N3O2/c14-6-8-16(11-3-1-2-4-11)13(18)10-5-7-15-12(17)9-10/h5,7,9,11H,1-4,6,8,14H2,(H,15,17). The number of nitrogens with zero attached hydrogens (tertiary/aromatic N) is 1. The topological polar surface area (TPSA) is 79.2 Å². The lowest BCUT2D eigenvalue weighted by molar-refractivity contribution is 0.0688. The van der Waals surface area contributed by atoms with Gasteiger partial charge in [-0.15, -0.1) is 0 Å². The van der Waals surface area contributed by atoms with Crippen LogP contribution in [0.1, 0.15) is 36.0 Å². The lowest BCUT2D eigenvalue weighted by atomic mass is 10.1. The van der Waals surface area contributed by atoms with E-state index in [0.717, 1.165) is 25.7 Å². The molecule has 98 valence electrons. The van der Waals surface area contributed by atoms with Gasteiger partial charge >= 0.3 is 0 Å². The number of H-pyrrole nitrogens is 1. The van der Waals surface area contributed by atoms with E-state index in [-0.39, 0.29) is 17.5 Å². The Morgan fingerprint density at radius 3 is 2.78 bits per heavy atom. The zero-order valence-electron chi connectivity index (χ0n) is 10.4. The summed E-state index contributed by atoms with van der Waals surface area (Å²) in [6.07, 6.45) is 5.90. The molecule has 1 aromatic rings. The number of hydrogen-bond acceptors (Lipinski definition) is 3. The van der Waals surface area contributed by atoms with Gasteiger partial charge in [-0.2, -0.15) is 0 Å². The fraction of sp³-hybridized carbons (Fsp3) is 0.538. The summed E-state index contributed by atoms with van der Waals surface area (Å²) in [5.74, 6) is -0.0848. The van der Waals surface area contributed by atoms with Crippen LogP contribution in [0.25, 0.3) is 0 Å². The molecule has 0 aromatic carbocycles. The largest absolute Gasteiger partial charge is 0.334 e. The minimum atomic E-state index is -0.250. The van der Waals surface area contributed by atoms with Gasteiger partial charge in [-0.1, -0.05) is 12.8 Å². The molecule has 5 heteroatoms. The Labute approximate surface area is 106 Å². The monoisotopic (exact) mass is 249 g/mol. The Balaban J connectivity index is 2.19. The number of carbonyl (C=O) groups excluding carboxylic acids is 1. The lowest BCUT2D eigenvalue weighted by Crippen LogP contribution is -2.42. The molecule has 1 aliphatic carbocycles. The van der Waals surface area contributed by atoms with Crippen LogP contribution in [-0.4, -0.2) is 34.9 Å². The fourth-order valence-electron chi connectivity index (χ4n) is 2.55. The van der Waals surface area contributed by atoms with Crippen molar-refractivity contribution in [1.82, 2.24) is 9.88 Å². The molecule has 0 spiro atoms. The first-order chi connectivity index (χ1) is 8.72. The van der Waals surface area contributed by atoms with E-state index < -0.39 is 0 Å². The van der Waals surface area contributed by atoms with Crippen molar-refractivity contribution in [2.75, 3.05) is 13.1 Å². The summed E-state index contributed by atoms with van der Waals surface area (Å²) in [6.45, 7) is 1.00. The number of aromatic amines is 1. The molecule has 0 bridgehead atoms. The van der Waals surface area contributed by atoms with E-state index in [0.29, 0.717) is 18.7 Å². The summed E-state index contributed by atoms with van der Waals surface area (Å²) in [6, 6.07) is 3.27. The third-order valence-electron chi connectivity index (χ3n) is 3.42. The van der Waals surface area contributed by atoms with Gasteiger partial charge in [0.1, 0.15) is 0 Å². The molecule has 2 rings (SSSR count). The first-order valence-corrected chi connectivity index (χ1v) is 6.42. The average Bonchev–Trinajstić information content (AvgIpc) is 2.89. The Bertz CT molecular complexity index is 463. The van der Waals surface area contributed by atoms with E-state index in [4.69, 9.17) is 5.73 Å². The zero-order chi connectivity index (χ0) is 13.0. The number of amides is 1. The smallest absolute Gasteiger partial charge is 0.254 e. The molecule has 3 N–H and O–H groups in total. The predicted octanol–water partition coefficient (Wildman–Crippen LogP) is 0.718.